The summed E-state index contributed by atoms with van der Waals surface area (Å²) in [5.74, 6) is -0.272. The van der Waals surface area contributed by atoms with Gasteiger partial charge in [0.1, 0.15) is 5.82 Å². The third-order valence-corrected chi connectivity index (χ3v) is 9.88. The van der Waals surface area contributed by atoms with Crippen LogP contribution in [0.3, 0.4) is 0 Å². The Bertz CT molecular complexity index is 1740. The minimum Gasteiger partial charge on any atom is -0.381 e. The number of piperazine rings is 1. The number of fused-ring (bicyclic) bond motifs is 3. The van der Waals surface area contributed by atoms with Gasteiger partial charge in [-0.1, -0.05) is 31.2 Å². The second kappa shape index (κ2) is 14.0. The van der Waals surface area contributed by atoms with Crippen molar-refractivity contribution in [3.8, 4) is 11.1 Å². The molecular weight excluding hydrogens is 595 g/mol. The molecule has 2 amide bonds. The molecule has 2 aromatic heterocycles. The second-order valence-corrected chi connectivity index (χ2v) is 13.0. The number of ether oxygens (including phenoxy) is 1. The van der Waals surface area contributed by atoms with Crippen molar-refractivity contribution in [3.05, 3.63) is 76.9 Å². The van der Waals surface area contributed by atoms with E-state index < -0.39 is 0 Å². The molecule has 4 aromatic rings. The molecule has 0 unspecified atom stereocenters. The molecular formula is C36H45FN8O2. The van der Waals surface area contributed by atoms with Crippen LogP contribution in [0.4, 0.5) is 14.9 Å². The van der Waals surface area contributed by atoms with Crippen LogP contribution in [0.2, 0.25) is 0 Å². The van der Waals surface area contributed by atoms with Crippen LogP contribution in [0.15, 0.2) is 48.7 Å². The molecule has 47 heavy (non-hydrogen) atoms. The summed E-state index contributed by atoms with van der Waals surface area (Å²) in [5.41, 5.74) is 7.14. The lowest BCUT2D eigenvalue weighted by Crippen LogP contribution is -2.42. The molecule has 3 saturated heterocycles. The molecule has 2 bridgehead atoms. The van der Waals surface area contributed by atoms with Crippen LogP contribution in [-0.4, -0.2) is 70.1 Å². The average molecular weight is 641 g/mol. The molecule has 2 aromatic carbocycles. The largest absolute Gasteiger partial charge is 0.381 e. The van der Waals surface area contributed by atoms with E-state index in [0.717, 1.165) is 97.8 Å². The number of likely N-dealkylation sites (tertiary alicyclic amines) is 1. The molecule has 0 saturated carbocycles. The van der Waals surface area contributed by atoms with E-state index in [0.29, 0.717) is 24.2 Å². The van der Waals surface area contributed by atoms with Crippen molar-refractivity contribution in [2.45, 2.75) is 83.8 Å². The highest BCUT2D eigenvalue weighted by Crippen LogP contribution is 2.32. The average Bonchev–Trinajstić information content (AvgIpc) is 3.84. The number of aromatic nitrogens is 3. The summed E-state index contributed by atoms with van der Waals surface area (Å²) in [4.78, 5) is 20.6. The molecule has 11 heteroatoms. The smallest absolute Gasteiger partial charge is 0.315 e. The minimum absolute atomic E-state index is 0.272. The summed E-state index contributed by atoms with van der Waals surface area (Å²) in [6.45, 7) is 9.89. The molecule has 248 valence electrons. The van der Waals surface area contributed by atoms with Gasteiger partial charge in [0.2, 0.25) is 0 Å². The zero-order valence-electron chi connectivity index (χ0n) is 27.3. The molecule has 4 N–H and O–H groups in total. The van der Waals surface area contributed by atoms with Crippen molar-refractivity contribution in [2.24, 2.45) is 0 Å². The second-order valence-electron chi connectivity index (χ2n) is 13.0. The monoisotopic (exact) mass is 640 g/mol. The van der Waals surface area contributed by atoms with Gasteiger partial charge < -0.3 is 26.0 Å². The van der Waals surface area contributed by atoms with Crippen LogP contribution in [-0.2, 0) is 37.3 Å². The van der Waals surface area contributed by atoms with E-state index in [1.165, 1.54) is 18.1 Å². The van der Waals surface area contributed by atoms with Crippen LogP contribution in [0.25, 0.3) is 22.2 Å². The molecule has 3 aliphatic rings. The van der Waals surface area contributed by atoms with Crippen molar-refractivity contribution in [1.29, 1.82) is 0 Å². The maximum atomic E-state index is 15.1. The highest BCUT2D eigenvalue weighted by atomic mass is 19.1. The van der Waals surface area contributed by atoms with E-state index in [9.17, 15) is 4.79 Å². The Labute approximate surface area is 275 Å². The Balaban J connectivity index is 1.03. The minimum atomic E-state index is -0.296. The first-order valence-electron chi connectivity index (χ1n) is 17.1. The number of amides is 2. The number of nitrogens with zero attached hydrogens (tertiary/aromatic N) is 4. The number of benzene rings is 2. The molecule has 10 nitrogen and oxygen atoms in total. The number of hydrogen-bond acceptors (Lipinski definition) is 7. The van der Waals surface area contributed by atoms with Crippen LogP contribution in [0, 0.1) is 5.82 Å². The van der Waals surface area contributed by atoms with Gasteiger partial charge >= 0.3 is 6.03 Å². The van der Waals surface area contributed by atoms with E-state index in [1.807, 2.05) is 29.1 Å². The molecule has 5 heterocycles. The Morgan fingerprint density at radius 3 is 2.70 bits per heavy atom. The summed E-state index contributed by atoms with van der Waals surface area (Å²) >= 11 is 0. The molecule has 0 spiro atoms. The first-order valence-corrected chi connectivity index (χ1v) is 17.1. The van der Waals surface area contributed by atoms with Gasteiger partial charge in [-0.2, -0.15) is 5.10 Å². The number of anilines is 1. The Morgan fingerprint density at radius 2 is 1.94 bits per heavy atom. The molecule has 0 aliphatic carbocycles. The number of rotatable bonds is 11. The van der Waals surface area contributed by atoms with Gasteiger partial charge in [-0.15, -0.1) is 0 Å². The zero-order valence-corrected chi connectivity index (χ0v) is 27.3. The van der Waals surface area contributed by atoms with E-state index in [4.69, 9.17) is 9.72 Å². The number of hydrogen-bond donors (Lipinski definition) is 4. The van der Waals surface area contributed by atoms with Gasteiger partial charge in [0.05, 0.1) is 17.3 Å². The third-order valence-electron chi connectivity index (χ3n) is 9.88. The van der Waals surface area contributed by atoms with E-state index >= 15 is 4.39 Å². The number of pyridine rings is 1. The summed E-state index contributed by atoms with van der Waals surface area (Å²) in [6, 6.07) is 14.4. The van der Waals surface area contributed by atoms with Gasteiger partial charge in [-0.05, 0) is 67.5 Å². The standard InChI is InChI=1S/C36H45FN8O2/c1-3-33-30(34(42-26-10-12-47-13-11-26)31-20-41-45(4-2)35(31)43-33)19-40-36(46)39-17-23-8-9-32(37)29(15-23)25-7-5-6-24(14-25)21-44-22-27-16-28(44)18-38-27/h5-9,14-15,20,26-28,38H,3-4,10-13,16-19,21-22H2,1-2H3,(H,42,43)(H2,39,40,46)/t27-,28-/m0/s1. The van der Waals surface area contributed by atoms with Crippen molar-refractivity contribution < 1.29 is 13.9 Å². The van der Waals surface area contributed by atoms with Crippen LogP contribution in [0.1, 0.15) is 55.5 Å². The number of nitrogens with one attached hydrogen (secondary N) is 4. The zero-order chi connectivity index (χ0) is 32.3. The normalized spacial score (nSPS) is 19.8. The first-order chi connectivity index (χ1) is 23.0. The van der Waals surface area contributed by atoms with Crippen molar-refractivity contribution in [2.75, 3.05) is 31.6 Å². The molecule has 0 radical (unpaired) electrons. The molecule has 7 rings (SSSR count). The third kappa shape index (κ3) is 6.83. The van der Waals surface area contributed by atoms with Crippen LogP contribution in [0.5, 0.6) is 0 Å². The summed E-state index contributed by atoms with van der Waals surface area (Å²) in [7, 11) is 0. The van der Waals surface area contributed by atoms with Crippen molar-refractivity contribution in [1.82, 2.24) is 35.6 Å². The lowest BCUT2D eigenvalue weighted by molar-refractivity contribution is 0.0904. The van der Waals surface area contributed by atoms with Crippen molar-refractivity contribution in [3.63, 3.8) is 0 Å². The van der Waals surface area contributed by atoms with Crippen molar-refractivity contribution >= 4 is 22.8 Å². The number of halogens is 1. The summed E-state index contributed by atoms with van der Waals surface area (Å²) in [6.07, 6.45) is 5.64. The first kappa shape index (κ1) is 31.5. The van der Waals surface area contributed by atoms with Gasteiger partial charge in [0.15, 0.2) is 5.65 Å². The number of carbonyl (C=O) groups excluding carboxylic acids is 1. The van der Waals surface area contributed by atoms with Crippen LogP contribution >= 0.6 is 0 Å². The number of carbonyl (C=O) groups is 1. The quantitative estimate of drug-likeness (QED) is 0.184. The summed E-state index contributed by atoms with van der Waals surface area (Å²) < 4.78 is 22.6. The highest BCUT2D eigenvalue weighted by Gasteiger charge is 2.37. The Hall–Kier alpha value is -4.06. The lowest BCUT2D eigenvalue weighted by atomic mass is 10.00. The highest BCUT2D eigenvalue weighted by molar-refractivity contribution is 5.92. The Morgan fingerprint density at radius 1 is 1.09 bits per heavy atom. The fraction of sp³-hybridized carbons (Fsp3) is 0.472. The SMILES string of the molecule is CCc1nc2c(cnn2CC)c(NC2CCOCC2)c1CNC(=O)NCc1ccc(F)c(-c2cccc(CN3C[C@@H]4C[C@H]3CN4)c2)c1. The van der Waals surface area contributed by atoms with E-state index in [1.54, 1.807) is 6.07 Å². The van der Waals surface area contributed by atoms with Crippen LogP contribution < -0.4 is 21.3 Å². The van der Waals surface area contributed by atoms with E-state index in [-0.39, 0.29) is 24.4 Å². The number of aryl methyl sites for hydroxylation is 2. The molecule has 3 fully saturated rings. The molecule has 3 aliphatic heterocycles. The maximum Gasteiger partial charge on any atom is 0.315 e. The predicted octanol–water partition coefficient (Wildman–Crippen LogP) is 4.96. The topological polar surface area (TPSA) is 108 Å². The maximum absolute atomic E-state index is 15.1. The fourth-order valence-electron chi connectivity index (χ4n) is 7.33. The van der Waals surface area contributed by atoms with Gasteiger partial charge in [-0.3, -0.25) is 4.90 Å². The number of urea groups is 1. The molecule has 2 atom stereocenters. The van der Waals surface area contributed by atoms with E-state index in [2.05, 4.69) is 57.2 Å². The van der Waals surface area contributed by atoms with Gasteiger partial charge in [-0.25, -0.2) is 18.9 Å². The van der Waals surface area contributed by atoms with Gasteiger partial charge in [0, 0.05) is 87.4 Å². The van der Waals surface area contributed by atoms with Gasteiger partial charge in [0.25, 0.3) is 0 Å². The lowest BCUT2D eigenvalue weighted by Gasteiger charge is -2.27. The fourth-order valence-corrected chi connectivity index (χ4v) is 7.33. The summed E-state index contributed by atoms with van der Waals surface area (Å²) in [5, 5.41) is 18.9. The Kier molecular flexibility index (Phi) is 9.37. The predicted molar refractivity (Wildman–Crippen MR) is 182 cm³/mol.